The number of sulfonamides is 1. The number of nitro benzene ring substituents is 1. The summed E-state index contributed by atoms with van der Waals surface area (Å²) >= 11 is 2.62. The molecule has 1 fully saturated rings. The molecule has 0 radical (unpaired) electrons. The SMILES string of the molecule is O=[N+]([O-])c1cc(S(=O)(=O)N2CCCC2)ccc1Sc1nc2ccccc2s1. The normalized spacial score (nSPS) is 15.4. The highest BCUT2D eigenvalue weighted by atomic mass is 32.2. The number of rotatable bonds is 5. The Kier molecular flexibility index (Phi) is 4.89. The smallest absolute Gasteiger partial charge is 0.258 e. The van der Waals surface area contributed by atoms with Crippen LogP contribution in [0.1, 0.15) is 12.8 Å². The van der Waals surface area contributed by atoms with Crippen LogP contribution in [0.5, 0.6) is 0 Å². The van der Waals surface area contributed by atoms with Crippen molar-refractivity contribution in [2.24, 2.45) is 0 Å². The van der Waals surface area contributed by atoms with Gasteiger partial charge in [-0.05, 0) is 37.1 Å². The van der Waals surface area contributed by atoms with E-state index in [1.807, 2.05) is 24.3 Å². The van der Waals surface area contributed by atoms with E-state index in [2.05, 4.69) is 4.98 Å². The molecule has 1 aliphatic heterocycles. The number of nitrogens with zero attached hydrogens (tertiary/aromatic N) is 3. The molecule has 4 rings (SSSR count). The van der Waals surface area contributed by atoms with Gasteiger partial charge in [0, 0.05) is 19.2 Å². The Labute approximate surface area is 164 Å². The van der Waals surface area contributed by atoms with Crippen LogP contribution in [0, 0.1) is 10.1 Å². The lowest BCUT2D eigenvalue weighted by Crippen LogP contribution is -2.27. The van der Waals surface area contributed by atoms with Crippen molar-refractivity contribution in [3.63, 3.8) is 0 Å². The number of hydrogen-bond donors (Lipinski definition) is 0. The summed E-state index contributed by atoms with van der Waals surface area (Å²) in [6.45, 7) is 0.913. The molecule has 27 heavy (non-hydrogen) atoms. The summed E-state index contributed by atoms with van der Waals surface area (Å²) in [7, 11) is -3.70. The van der Waals surface area contributed by atoms with Gasteiger partial charge in [-0.2, -0.15) is 4.31 Å². The number of nitro groups is 1. The zero-order valence-corrected chi connectivity index (χ0v) is 16.5. The van der Waals surface area contributed by atoms with Crippen LogP contribution in [0.3, 0.4) is 0 Å². The van der Waals surface area contributed by atoms with Crippen LogP contribution < -0.4 is 0 Å². The molecule has 0 atom stereocenters. The molecule has 0 amide bonds. The van der Waals surface area contributed by atoms with E-state index >= 15 is 0 Å². The fraction of sp³-hybridized carbons (Fsp3) is 0.235. The van der Waals surface area contributed by atoms with E-state index < -0.39 is 14.9 Å². The lowest BCUT2D eigenvalue weighted by atomic mass is 10.3. The van der Waals surface area contributed by atoms with Crippen molar-refractivity contribution < 1.29 is 13.3 Å². The molecule has 0 bridgehead atoms. The highest BCUT2D eigenvalue weighted by Crippen LogP contribution is 2.39. The van der Waals surface area contributed by atoms with E-state index in [-0.39, 0.29) is 10.6 Å². The molecule has 3 aromatic rings. The Morgan fingerprint density at radius 3 is 2.59 bits per heavy atom. The van der Waals surface area contributed by atoms with Crippen LogP contribution in [0.25, 0.3) is 10.2 Å². The van der Waals surface area contributed by atoms with Gasteiger partial charge in [-0.3, -0.25) is 10.1 Å². The van der Waals surface area contributed by atoms with Gasteiger partial charge in [0.05, 0.1) is 24.9 Å². The molecule has 2 heterocycles. The maximum atomic E-state index is 12.7. The van der Waals surface area contributed by atoms with Crippen molar-refractivity contribution in [1.82, 2.24) is 9.29 Å². The molecule has 1 aliphatic rings. The summed E-state index contributed by atoms with van der Waals surface area (Å²) in [6, 6.07) is 11.7. The minimum atomic E-state index is -3.70. The van der Waals surface area contributed by atoms with Gasteiger partial charge in [-0.15, -0.1) is 11.3 Å². The van der Waals surface area contributed by atoms with E-state index in [4.69, 9.17) is 0 Å². The fourth-order valence-corrected chi connectivity index (χ4v) is 6.60. The Balaban J connectivity index is 1.70. The Morgan fingerprint density at radius 2 is 1.89 bits per heavy atom. The van der Waals surface area contributed by atoms with Gasteiger partial charge < -0.3 is 0 Å². The summed E-state index contributed by atoms with van der Waals surface area (Å²) in [6.07, 6.45) is 1.62. The first-order valence-electron chi connectivity index (χ1n) is 8.27. The van der Waals surface area contributed by atoms with E-state index in [1.165, 1.54) is 39.5 Å². The average Bonchev–Trinajstić information content (AvgIpc) is 3.31. The van der Waals surface area contributed by atoms with Crippen LogP contribution in [-0.4, -0.2) is 35.7 Å². The lowest BCUT2D eigenvalue weighted by Gasteiger charge is -2.15. The number of aromatic nitrogens is 1. The number of benzene rings is 2. The Bertz CT molecular complexity index is 1090. The topological polar surface area (TPSA) is 93.4 Å². The van der Waals surface area contributed by atoms with E-state index in [0.29, 0.717) is 22.3 Å². The zero-order chi connectivity index (χ0) is 19.0. The molecule has 0 spiro atoms. The predicted molar refractivity (Wildman–Crippen MR) is 105 cm³/mol. The molecule has 1 saturated heterocycles. The van der Waals surface area contributed by atoms with Crippen molar-refractivity contribution in [2.45, 2.75) is 27.0 Å². The fourth-order valence-electron chi connectivity index (χ4n) is 2.95. The molecule has 0 unspecified atom stereocenters. The molecular formula is C17H15N3O4S3. The highest BCUT2D eigenvalue weighted by Gasteiger charge is 2.29. The largest absolute Gasteiger partial charge is 0.284 e. The maximum absolute atomic E-state index is 12.7. The quantitative estimate of drug-likeness (QED) is 0.454. The van der Waals surface area contributed by atoms with Gasteiger partial charge in [-0.1, -0.05) is 23.9 Å². The van der Waals surface area contributed by atoms with Crippen molar-refractivity contribution in [2.75, 3.05) is 13.1 Å². The minimum absolute atomic E-state index is 0.0373. The highest BCUT2D eigenvalue weighted by molar-refractivity contribution is 8.01. The van der Waals surface area contributed by atoms with Crippen LogP contribution >= 0.6 is 23.1 Å². The molecule has 7 nitrogen and oxygen atoms in total. The van der Waals surface area contributed by atoms with E-state index in [0.717, 1.165) is 29.1 Å². The molecule has 0 saturated carbocycles. The van der Waals surface area contributed by atoms with Crippen molar-refractivity contribution in [3.8, 4) is 0 Å². The van der Waals surface area contributed by atoms with Crippen LogP contribution in [0.4, 0.5) is 5.69 Å². The molecule has 0 aliphatic carbocycles. The van der Waals surface area contributed by atoms with Gasteiger partial charge >= 0.3 is 0 Å². The molecular weight excluding hydrogens is 406 g/mol. The Morgan fingerprint density at radius 1 is 1.15 bits per heavy atom. The molecule has 10 heteroatoms. The second-order valence-electron chi connectivity index (χ2n) is 6.05. The summed E-state index contributed by atoms with van der Waals surface area (Å²) in [5.74, 6) is 0. The van der Waals surface area contributed by atoms with Gasteiger partial charge in [-0.25, -0.2) is 13.4 Å². The maximum Gasteiger partial charge on any atom is 0.284 e. The van der Waals surface area contributed by atoms with Crippen LogP contribution in [0.2, 0.25) is 0 Å². The van der Waals surface area contributed by atoms with Crippen molar-refractivity contribution >= 4 is 49.0 Å². The van der Waals surface area contributed by atoms with Gasteiger partial charge in [0.2, 0.25) is 10.0 Å². The Hall–Kier alpha value is -2.01. The minimum Gasteiger partial charge on any atom is -0.258 e. The third-order valence-corrected chi connectivity index (χ3v) is 8.36. The molecule has 140 valence electrons. The van der Waals surface area contributed by atoms with Crippen molar-refractivity contribution in [3.05, 3.63) is 52.6 Å². The average molecular weight is 422 g/mol. The third-order valence-electron chi connectivity index (χ3n) is 4.30. The first-order chi connectivity index (χ1) is 12.9. The first kappa shape index (κ1) is 18.4. The number of para-hydroxylation sites is 1. The third kappa shape index (κ3) is 3.57. The number of fused-ring (bicyclic) bond motifs is 1. The lowest BCUT2D eigenvalue weighted by molar-refractivity contribution is -0.388. The van der Waals surface area contributed by atoms with E-state index in [9.17, 15) is 18.5 Å². The molecule has 0 N–H and O–H groups in total. The monoisotopic (exact) mass is 421 g/mol. The summed E-state index contributed by atoms with van der Waals surface area (Å²) in [4.78, 5) is 15.8. The van der Waals surface area contributed by atoms with Gasteiger partial charge in [0.1, 0.15) is 0 Å². The van der Waals surface area contributed by atoms with E-state index in [1.54, 1.807) is 0 Å². The second kappa shape index (κ2) is 7.19. The van der Waals surface area contributed by atoms with Crippen molar-refractivity contribution in [1.29, 1.82) is 0 Å². The van der Waals surface area contributed by atoms with Crippen LogP contribution in [0.15, 0.2) is 56.6 Å². The van der Waals surface area contributed by atoms with Gasteiger partial charge in [0.25, 0.3) is 5.69 Å². The molecule has 2 aromatic carbocycles. The van der Waals surface area contributed by atoms with Gasteiger partial charge in [0.15, 0.2) is 4.34 Å². The van der Waals surface area contributed by atoms with Crippen LogP contribution in [-0.2, 0) is 10.0 Å². The summed E-state index contributed by atoms with van der Waals surface area (Å²) in [5, 5.41) is 11.6. The number of thiazole rings is 1. The summed E-state index contributed by atoms with van der Waals surface area (Å²) in [5.41, 5.74) is 0.611. The first-order valence-corrected chi connectivity index (χ1v) is 11.3. The zero-order valence-electron chi connectivity index (χ0n) is 14.1. The standard InChI is InChI=1S/C17H15N3O4S3/c21-20(22)14-11-12(27(23,24)19-9-3-4-10-19)7-8-16(14)26-17-18-13-5-1-2-6-15(13)25-17/h1-2,5-8,11H,3-4,9-10H2. The second-order valence-corrected chi connectivity index (χ2v) is 10.3. The molecule has 1 aromatic heterocycles. The summed E-state index contributed by atoms with van der Waals surface area (Å²) < 4.78 is 28.4. The number of hydrogen-bond acceptors (Lipinski definition) is 7. The predicted octanol–water partition coefficient (Wildman–Crippen LogP) is 4.14.